The first-order valence-electron chi connectivity index (χ1n) is 6.61. The molecule has 1 amide bonds. The van der Waals surface area contributed by atoms with Gasteiger partial charge in [0.1, 0.15) is 5.60 Å². The summed E-state index contributed by atoms with van der Waals surface area (Å²) < 4.78 is 31.7. The van der Waals surface area contributed by atoms with Crippen LogP contribution in [-0.4, -0.2) is 73.9 Å². The molecule has 0 aliphatic carbocycles. The van der Waals surface area contributed by atoms with Crippen LogP contribution in [0, 0.1) is 5.41 Å². The van der Waals surface area contributed by atoms with Crippen LogP contribution in [-0.2, 0) is 14.9 Å². The lowest BCUT2D eigenvalue weighted by molar-refractivity contribution is -0.0850. The van der Waals surface area contributed by atoms with Gasteiger partial charge in [0.25, 0.3) is 10.2 Å². The number of carbonyl (C=O) groups excluding carboxylic acids is 1. The molecule has 0 N–H and O–H groups in total. The summed E-state index contributed by atoms with van der Waals surface area (Å²) >= 11 is 0. The third kappa shape index (κ3) is 2.77. The van der Waals surface area contributed by atoms with E-state index >= 15 is 0 Å². The van der Waals surface area contributed by atoms with Crippen molar-refractivity contribution in [2.24, 2.45) is 5.41 Å². The maximum absolute atomic E-state index is 11.9. The summed E-state index contributed by atoms with van der Waals surface area (Å²) in [5.41, 5.74) is -0.570. The summed E-state index contributed by atoms with van der Waals surface area (Å²) in [5.74, 6) is 0. The van der Waals surface area contributed by atoms with Crippen LogP contribution in [0.25, 0.3) is 0 Å². The lowest BCUT2D eigenvalue weighted by Gasteiger charge is -2.59. The van der Waals surface area contributed by atoms with E-state index in [2.05, 4.69) is 0 Å². The summed E-state index contributed by atoms with van der Waals surface area (Å²) in [6, 6.07) is 0. The number of ether oxygens (including phenoxy) is 1. The zero-order valence-corrected chi connectivity index (χ0v) is 13.5. The summed E-state index contributed by atoms with van der Waals surface area (Å²) in [6.07, 6.45) is -0.322. The first-order chi connectivity index (χ1) is 8.95. The van der Waals surface area contributed by atoms with Crippen LogP contribution < -0.4 is 0 Å². The number of nitrogens with zero attached hydrogens (tertiary/aromatic N) is 3. The molecule has 2 fully saturated rings. The molecular weight excluding hydrogens is 282 g/mol. The van der Waals surface area contributed by atoms with Crippen molar-refractivity contribution in [3.05, 3.63) is 0 Å². The van der Waals surface area contributed by atoms with Crippen molar-refractivity contribution in [1.82, 2.24) is 13.5 Å². The molecule has 7 nitrogen and oxygen atoms in total. The van der Waals surface area contributed by atoms with E-state index in [4.69, 9.17) is 4.74 Å². The molecule has 1 spiro atoms. The van der Waals surface area contributed by atoms with Gasteiger partial charge in [0.05, 0.1) is 0 Å². The number of amides is 1. The Balaban J connectivity index is 1.83. The van der Waals surface area contributed by atoms with Gasteiger partial charge in [-0.1, -0.05) is 0 Å². The Bertz CT molecular complexity index is 495. The number of likely N-dealkylation sites (tertiary alicyclic amines) is 1. The molecule has 0 aromatic heterocycles. The summed E-state index contributed by atoms with van der Waals surface area (Å²) in [7, 11) is -0.278. The largest absolute Gasteiger partial charge is 0.444 e. The van der Waals surface area contributed by atoms with Gasteiger partial charge < -0.3 is 9.64 Å². The average molecular weight is 305 g/mol. The second-order valence-electron chi connectivity index (χ2n) is 6.89. The van der Waals surface area contributed by atoms with Gasteiger partial charge in [0.15, 0.2) is 0 Å². The molecule has 0 saturated carbocycles. The van der Waals surface area contributed by atoms with Crippen molar-refractivity contribution >= 4 is 16.3 Å². The van der Waals surface area contributed by atoms with E-state index in [0.29, 0.717) is 26.2 Å². The minimum absolute atomic E-state index is 0.0695. The van der Waals surface area contributed by atoms with E-state index in [9.17, 15) is 13.2 Å². The van der Waals surface area contributed by atoms with Crippen molar-refractivity contribution in [3.63, 3.8) is 0 Å². The molecule has 0 radical (unpaired) electrons. The van der Waals surface area contributed by atoms with Crippen LogP contribution in [0.1, 0.15) is 20.8 Å². The lowest BCUT2D eigenvalue weighted by atomic mass is 9.75. The second-order valence-corrected chi connectivity index (χ2v) is 9.04. The molecule has 0 unspecified atom stereocenters. The predicted octanol–water partition coefficient (Wildman–Crippen LogP) is 0.346. The molecule has 0 aromatic carbocycles. The van der Waals surface area contributed by atoms with E-state index in [1.807, 2.05) is 20.8 Å². The average Bonchev–Trinajstić information content (AvgIpc) is 2.08. The smallest absolute Gasteiger partial charge is 0.410 e. The topological polar surface area (TPSA) is 70.2 Å². The van der Waals surface area contributed by atoms with Crippen LogP contribution in [0.3, 0.4) is 0 Å². The predicted molar refractivity (Wildman–Crippen MR) is 74.4 cm³/mol. The molecule has 0 bridgehead atoms. The Morgan fingerprint density at radius 3 is 2.05 bits per heavy atom. The van der Waals surface area contributed by atoms with E-state index < -0.39 is 15.8 Å². The zero-order valence-electron chi connectivity index (χ0n) is 12.7. The van der Waals surface area contributed by atoms with Crippen molar-refractivity contribution in [2.45, 2.75) is 26.4 Å². The monoisotopic (exact) mass is 305 g/mol. The Kier molecular flexibility index (Phi) is 3.55. The fourth-order valence-electron chi connectivity index (χ4n) is 2.51. The zero-order chi connectivity index (χ0) is 15.3. The summed E-state index contributed by atoms with van der Waals surface area (Å²) in [6.45, 7) is 7.59. The fourth-order valence-corrected chi connectivity index (χ4v) is 3.85. The molecule has 2 saturated heterocycles. The van der Waals surface area contributed by atoms with Gasteiger partial charge in [0.2, 0.25) is 0 Å². The van der Waals surface area contributed by atoms with Gasteiger partial charge >= 0.3 is 6.09 Å². The molecule has 20 heavy (non-hydrogen) atoms. The van der Waals surface area contributed by atoms with Crippen LogP contribution in [0.15, 0.2) is 0 Å². The van der Waals surface area contributed by atoms with E-state index in [-0.39, 0.29) is 11.5 Å². The SMILES string of the molecule is CN(C)S(=O)(=O)N1CC2(CN(C(=O)OC(C)(C)C)C2)C1. The van der Waals surface area contributed by atoms with Crippen LogP contribution in [0.4, 0.5) is 4.79 Å². The van der Waals surface area contributed by atoms with Crippen LogP contribution in [0.2, 0.25) is 0 Å². The van der Waals surface area contributed by atoms with Gasteiger partial charge in [-0.2, -0.15) is 17.0 Å². The fraction of sp³-hybridized carbons (Fsp3) is 0.917. The highest BCUT2D eigenvalue weighted by molar-refractivity contribution is 7.86. The highest BCUT2D eigenvalue weighted by Crippen LogP contribution is 2.41. The molecule has 2 aliphatic heterocycles. The Morgan fingerprint density at radius 1 is 1.15 bits per heavy atom. The maximum atomic E-state index is 11.9. The first-order valence-corrected chi connectivity index (χ1v) is 8.00. The number of hydrogen-bond donors (Lipinski definition) is 0. The minimum atomic E-state index is -3.32. The van der Waals surface area contributed by atoms with Crippen LogP contribution in [0.5, 0.6) is 0 Å². The highest BCUT2D eigenvalue weighted by Gasteiger charge is 2.57. The minimum Gasteiger partial charge on any atom is -0.444 e. The highest BCUT2D eigenvalue weighted by atomic mass is 32.2. The van der Waals surface area contributed by atoms with Crippen LogP contribution >= 0.6 is 0 Å². The van der Waals surface area contributed by atoms with Crippen molar-refractivity contribution in [2.75, 3.05) is 40.3 Å². The number of rotatable bonds is 2. The second kappa shape index (κ2) is 4.57. The quantitative estimate of drug-likeness (QED) is 0.738. The molecule has 2 aliphatic rings. The van der Waals surface area contributed by atoms with Gasteiger partial charge in [-0.05, 0) is 20.8 Å². The summed E-state index contributed by atoms with van der Waals surface area (Å²) in [5, 5.41) is 0. The Labute approximate surface area is 120 Å². The van der Waals surface area contributed by atoms with E-state index in [1.54, 1.807) is 4.90 Å². The molecule has 0 atom stereocenters. The normalized spacial score (nSPS) is 22.6. The summed E-state index contributed by atoms with van der Waals surface area (Å²) in [4.78, 5) is 13.4. The molecule has 2 heterocycles. The molecular formula is C12H23N3O4S. The van der Waals surface area contributed by atoms with E-state index in [0.717, 1.165) is 0 Å². The standard InChI is InChI=1S/C12H23N3O4S/c1-11(2,3)19-10(16)14-6-12(7-14)8-15(9-12)20(17,18)13(4)5/h6-9H2,1-5H3. The molecule has 8 heteroatoms. The van der Waals surface area contributed by atoms with Crippen molar-refractivity contribution in [3.8, 4) is 0 Å². The Hall–Kier alpha value is -0.860. The first kappa shape index (κ1) is 15.5. The third-order valence-corrected chi connectivity index (χ3v) is 5.35. The van der Waals surface area contributed by atoms with Crippen molar-refractivity contribution in [1.29, 1.82) is 0 Å². The maximum Gasteiger partial charge on any atom is 0.410 e. The van der Waals surface area contributed by atoms with Gasteiger partial charge in [-0.3, -0.25) is 0 Å². The van der Waals surface area contributed by atoms with Crippen molar-refractivity contribution < 1.29 is 17.9 Å². The van der Waals surface area contributed by atoms with Gasteiger partial charge in [-0.15, -0.1) is 0 Å². The molecule has 2 rings (SSSR count). The lowest BCUT2D eigenvalue weighted by Crippen LogP contribution is -2.74. The third-order valence-electron chi connectivity index (χ3n) is 3.52. The van der Waals surface area contributed by atoms with Gasteiger partial charge in [-0.25, -0.2) is 4.79 Å². The molecule has 116 valence electrons. The number of carbonyl (C=O) groups is 1. The van der Waals surface area contributed by atoms with Gasteiger partial charge in [0, 0.05) is 45.7 Å². The van der Waals surface area contributed by atoms with E-state index in [1.165, 1.54) is 22.7 Å². The molecule has 0 aromatic rings. The number of hydrogen-bond acceptors (Lipinski definition) is 4. The Morgan fingerprint density at radius 2 is 1.65 bits per heavy atom.